The van der Waals surface area contributed by atoms with Gasteiger partial charge in [0.2, 0.25) is 0 Å². The van der Waals surface area contributed by atoms with Gasteiger partial charge in [-0.1, -0.05) is 49.4 Å². The first kappa shape index (κ1) is 15.4. The highest BCUT2D eigenvalue weighted by Crippen LogP contribution is 2.40. The minimum Gasteiger partial charge on any atom is -0.375 e. The summed E-state index contributed by atoms with van der Waals surface area (Å²) in [5.74, 6) is -0.792. The van der Waals surface area contributed by atoms with Crippen LogP contribution in [0.2, 0.25) is 0 Å². The SMILES string of the molecule is CCc1ccc(C(=O)C[C@@]2(O)C(=O)Nc3c(C)cccc32)cc1. The number of carbonyl (C=O) groups is 2. The molecule has 1 amide bonds. The lowest BCUT2D eigenvalue weighted by atomic mass is 9.87. The van der Waals surface area contributed by atoms with Crippen LogP contribution in [0.4, 0.5) is 5.69 Å². The van der Waals surface area contributed by atoms with Crippen molar-refractivity contribution < 1.29 is 14.7 Å². The molecular formula is C19H19NO3. The van der Waals surface area contributed by atoms with Gasteiger partial charge in [0.15, 0.2) is 11.4 Å². The average Bonchev–Trinajstić information content (AvgIpc) is 2.80. The van der Waals surface area contributed by atoms with Crippen molar-refractivity contribution in [2.45, 2.75) is 32.3 Å². The maximum atomic E-state index is 12.5. The van der Waals surface area contributed by atoms with E-state index in [1.165, 1.54) is 0 Å². The molecule has 0 radical (unpaired) electrons. The molecule has 0 spiro atoms. The Morgan fingerprint density at radius 2 is 1.87 bits per heavy atom. The molecule has 1 heterocycles. The first-order valence-electron chi connectivity index (χ1n) is 7.72. The quantitative estimate of drug-likeness (QED) is 0.853. The van der Waals surface area contributed by atoms with Crippen LogP contribution in [0.1, 0.15) is 40.4 Å². The van der Waals surface area contributed by atoms with Gasteiger partial charge >= 0.3 is 0 Å². The molecule has 0 saturated carbocycles. The molecule has 2 aromatic rings. The second kappa shape index (κ2) is 5.63. The molecular weight excluding hydrogens is 290 g/mol. The first-order valence-corrected chi connectivity index (χ1v) is 7.72. The molecule has 2 N–H and O–H groups in total. The van der Waals surface area contributed by atoms with Gasteiger partial charge in [-0.25, -0.2) is 0 Å². The number of rotatable bonds is 4. The fraction of sp³-hybridized carbons (Fsp3) is 0.263. The van der Waals surface area contributed by atoms with Crippen molar-refractivity contribution in [2.24, 2.45) is 0 Å². The fourth-order valence-electron chi connectivity index (χ4n) is 2.95. The van der Waals surface area contributed by atoms with E-state index in [0.29, 0.717) is 16.8 Å². The van der Waals surface area contributed by atoms with Crippen LogP contribution in [0.25, 0.3) is 0 Å². The average molecular weight is 309 g/mol. The highest BCUT2D eigenvalue weighted by atomic mass is 16.3. The molecule has 4 nitrogen and oxygen atoms in total. The van der Waals surface area contributed by atoms with Gasteiger partial charge in [-0.15, -0.1) is 0 Å². The van der Waals surface area contributed by atoms with Crippen molar-refractivity contribution in [3.63, 3.8) is 0 Å². The summed E-state index contributed by atoms with van der Waals surface area (Å²) in [4.78, 5) is 24.8. The number of hydrogen-bond acceptors (Lipinski definition) is 3. The van der Waals surface area contributed by atoms with Crippen molar-refractivity contribution in [3.8, 4) is 0 Å². The van der Waals surface area contributed by atoms with Crippen molar-refractivity contribution >= 4 is 17.4 Å². The van der Waals surface area contributed by atoms with Crippen LogP contribution in [0.15, 0.2) is 42.5 Å². The van der Waals surface area contributed by atoms with Crippen LogP contribution >= 0.6 is 0 Å². The minimum atomic E-state index is -1.80. The maximum Gasteiger partial charge on any atom is 0.261 e. The number of ketones is 1. The normalized spacial score (nSPS) is 19.3. The number of fused-ring (bicyclic) bond motifs is 1. The highest BCUT2D eigenvalue weighted by molar-refractivity contribution is 6.09. The Balaban J connectivity index is 1.91. The van der Waals surface area contributed by atoms with E-state index in [2.05, 4.69) is 5.32 Å². The predicted molar refractivity (Wildman–Crippen MR) is 88.5 cm³/mol. The Labute approximate surface area is 135 Å². The van der Waals surface area contributed by atoms with Gasteiger partial charge in [0.25, 0.3) is 5.91 Å². The van der Waals surface area contributed by atoms with Crippen LogP contribution in [0, 0.1) is 6.92 Å². The highest BCUT2D eigenvalue weighted by Gasteiger charge is 2.47. The predicted octanol–water partition coefficient (Wildman–Crippen LogP) is 2.97. The third-order valence-electron chi connectivity index (χ3n) is 4.43. The number of aliphatic hydroxyl groups is 1. The third kappa shape index (κ3) is 2.55. The van der Waals surface area contributed by atoms with E-state index in [1.54, 1.807) is 24.3 Å². The summed E-state index contributed by atoms with van der Waals surface area (Å²) in [5.41, 5.74) is 1.79. The number of Topliss-reactive ketones (excluding diaryl/α,β-unsaturated/α-hetero) is 1. The summed E-state index contributed by atoms with van der Waals surface area (Å²) in [6, 6.07) is 12.6. The second-order valence-electron chi connectivity index (χ2n) is 5.96. The van der Waals surface area contributed by atoms with Gasteiger partial charge in [-0.3, -0.25) is 9.59 Å². The minimum absolute atomic E-state index is 0.250. The van der Waals surface area contributed by atoms with E-state index < -0.39 is 11.5 Å². The molecule has 0 unspecified atom stereocenters. The van der Waals surface area contributed by atoms with Crippen molar-refractivity contribution in [2.75, 3.05) is 5.32 Å². The van der Waals surface area contributed by atoms with Crippen molar-refractivity contribution in [1.82, 2.24) is 0 Å². The van der Waals surface area contributed by atoms with Crippen molar-refractivity contribution in [3.05, 3.63) is 64.7 Å². The number of carbonyl (C=O) groups excluding carboxylic acids is 2. The maximum absolute atomic E-state index is 12.5. The Bertz CT molecular complexity index is 780. The number of anilines is 1. The number of hydrogen-bond donors (Lipinski definition) is 2. The van der Waals surface area contributed by atoms with Crippen LogP contribution in [-0.2, 0) is 16.8 Å². The first-order chi connectivity index (χ1) is 11.0. The molecule has 118 valence electrons. The van der Waals surface area contributed by atoms with E-state index in [0.717, 1.165) is 17.5 Å². The molecule has 0 aromatic heterocycles. The third-order valence-corrected chi connectivity index (χ3v) is 4.43. The van der Waals surface area contributed by atoms with Gasteiger partial charge in [0.1, 0.15) is 0 Å². The zero-order valence-corrected chi connectivity index (χ0v) is 13.2. The smallest absolute Gasteiger partial charge is 0.261 e. The number of benzene rings is 2. The summed E-state index contributed by atoms with van der Waals surface area (Å²) in [6.07, 6.45) is 0.633. The molecule has 1 aliphatic rings. The molecule has 1 atom stereocenters. The number of para-hydroxylation sites is 1. The topological polar surface area (TPSA) is 66.4 Å². The van der Waals surface area contributed by atoms with Gasteiger partial charge in [0.05, 0.1) is 12.1 Å². The lowest BCUT2D eigenvalue weighted by Gasteiger charge is -2.20. The molecule has 0 aliphatic carbocycles. The Kier molecular flexibility index (Phi) is 3.78. The standard InChI is InChI=1S/C19H19NO3/c1-3-13-7-9-14(10-8-13)16(21)11-19(23)15-6-4-5-12(2)17(15)20-18(19)22/h4-10,23H,3,11H2,1-2H3,(H,20,22)/t19-/m0/s1. The Morgan fingerprint density at radius 1 is 1.17 bits per heavy atom. The number of amides is 1. The van der Waals surface area contributed by atoms with E-state index in [1.807, 2.05) is 32.0 Å². The summed E-state index contributed by atoms with van der Waals surface area (Å²) in [5, 5.41) is 13.5. The molecule has 1 aliphatic heterocycles. The van der Waals surface area contributed by atoms with E-state index >= 15 is 0 Å². The van der Waals surface area contributed by atoms with Crippen LogP contribution in [0.3, 0.4) is 0 Å². The van der Waals surface area contributed by atoms with Gasteiger partial charge in [-0.2, -0.15) is 0 Å². The molecule has 23 heavy (non-hydrogen) atoms. The summed E-state index contributed by atoms with van der Waals surface area (Å²) < 4.78 is 0. The van der Waals surface area contributed by atoms with Crippen LogP contribution in [0.5, 0.6) is 0 Å². The van der Waals surface area contributed by atoms with Crippen LogP contribution in [-0.4, -0.2) is 16.8 Å². The number of aryl methyl sites for hydroxylation is 2. The Morgan fingerprint density at radius 3 is 2.52 bits per heavy atom. The summed E-state index contributed by atoms with van der Waals surface area (Å²) >= 11 is 0. The molecule has 2 aromatic carbocycles. The molecule has 0 saturated heterocycles. The second-order valence-corrected chi connectivity index (χ2v) is 5.96. The zero-order chi connectivity index (χ0) is 16.6. The zero-order valence-electron chi connectivity index (χ0n) is 13.2. The Hall–Kier alpha value is -2.46. The fourth-order valence-corrected chi connectivity index (χ4v) is 2.95. The van der Waals surface area contributed by atoms with Crippen LogP contribution < -0.4 is 5.32 Å². The molecule has 0 bridgehead atoms. The monoisotopic (exact) mass is 309 g/mol. The lowest BCUT2D eigenvalue weighted by molar-refractivity contribution is -0.133. The van der Waals surface area contributed by atoms with Gasteiger partial charge < -0.3 is 10.4 Å². The molecule has 4 heteroatoms. The van der Waals surface area contributed by atoms with Crippen molar-refractivity contribution in [1.29, 1.82) is 0 Å². The number of nitrogens with one attached hydrogen (secondary N) is 1. The molecule has 0 fully saturated rings. The van der Waals surface area contributed by atoms with E-state index in [-0.39, 0.29) is 12.2 Å². The lowest BCUT2D eigenvalue weighted by Crippen LogP contribution is -2.36. The summed E-state index contributed by atoms with van der Waals surface area (Å²) in [6.45, 7) is 3.90. The summed E-state index contributed by atoms with van der Waals surface area (Å²) in [7, 11) is 0. The van der Waals surface area contributed by atoms with E-state index in [9.17, 15) is 14.7 Å². The van der Waals surface area contributed by atoms with Gasteiger partial charge in [-0.05, 0) is 24.5 Å². The van der Waals surface area contributed by atoms with Gasteiger partial charge in [0, 0.05) is 11.1 Å². The largest absolute Gasteiger partial charge is 0.375 e. The molecule has 3 rings (SSSR count). The van der Waals surface area contributed by atoms with E-state index in [4.69, 9.17) is 0 Å².